The van der Waals surface area contributed by atoms with E-state index >= 15 is 0 Å². The summed E-state index contributed by atoms with van der Waals surface area (Å²) in [6, 6.07) is 28.1. The van der Waals surface area contributed by atoms with Gasteiger partial charge in [0.15, 0.2) is 0 Å². The third kappa shape index (κ3) is 5.13. The van der Waals surface area contributed by atoms with E-state index in [0.29, 0.717) is 6.61 Å². The van der Waals surface area contributed by atoms with Crippen molar-refractivity contribution in [1.82, 2.24) is 15.3 Å². The Morgan fingerprint density at radius 3 is 2.15 bits per heavy atom. The van der Waals surface area contributed by atoms with Gasteiger partial charge >= 0.3 is 6.03 Å². The summed E-state index contributed by atoms with van der Waals surface area (Å²) in [5.41, 5.74) is 5.95. The van der Waals surface area contributed by atoms with Gasteiger partial charge in [0.25, 0.3) is 0 Å². The number of carbonyl (C=O) groups excluding carboxylic acids is 2. The zero-order chi connectivity index (χ0) is 23.2. The quantitative estimate of drug-likeness (QED) is 0.505. The number of nitrogens with one attached hydrogen (secondary N) is 1. The van der Waals surface area contributed by atoms with Crippen LogP contribution >= 0.6 is 0 Å². The Morgan fingerprint density at radius 2 is 1.52 bits per heavy atom. The van der Waals surface area contributed by atoms with E-state index in [1.807, 2.05) is 97.9 Å². The molecule has 1 N–H and O–H groups in total. The van der Waals surface area contributed by atoms with E-state index in [9.17, 15) is 9.59 Å². The minimum absolute atomic E-state index is 0.0917. The van der Waals surface area contributed by atoms with Crippen LogP contribution in [0.25, 0.3) is 0 Å². The number of amides is 3. The maximum absolute atomic E-state index is 13.5. The Morgan fingerprint density at radius 1 is 0.939 bits per heavy atom. The molecule has 3 aromatic carbocycles. The monoisotopic (exact) mass is 443 g/mol. The molecule has 33 heavy (non-hydrogen) atoms. The second-order valence-corrected chi connectivity index (χ2v) is 8.31. The zero-order valence-corrected chi connectivity index (χ0v) is 18.9. The number of likely N-dealkylation sites (N-methyl/N-ethyl adjacent to an activating group) is 1. The highest BCUT2D eigenvalue weighted by Crippen LogP contribution is 2.35. The van der Waals surface area contributed by atoms with Gasteiger partial charge in [-0.25, -0.2) is 4.79 Å². The number of carbonyl (C=O) groups is 2. The van der Waals surface area contributed by atoms with Crippen LogP contribution in [0.15, 0.2) is 91.0 Å². The van der Waals surface area contributed by atoms with Crippen LogP contribution in [0.5, 0.6) is 0 Å². The van der Waals surface area contributed by atoms with Gasteiger partial charge in [-0.2, -0.15) is 5.48 Å². The predicted molar refractivity (Wildman–Crippen MR) is 127 cm³/mol. The van der Waals surface area contributed by atoms with Gasteiger partial charge in [0.2, 0.25) is 5.91 Å². The van der Waals surface area contributed by atoms with Crippen LogP contribution in [-0.2, 0) is 16.2 Å². The van der Waals surface area contributed by atoms with Crippen LogP contribution in [0.2, 0.25) is 0 Å². The van der Waals surface area contributed by atoms with E-state index in [2.05, 4.69) is 5.48 Å². The number of hydrogen-bond acceptors (Lipinski definition) is 4. The fourth-order valence-corrected chi connectivity index (χ4v) is 4.22. The molecule has 1 aliphatic heterocycles. The molecule has 1 fully saturated rings. The van der Waals surface area contributed by atoms with Crippen molar-refractivity contribution in [3.8, 4) is 0 Å². The third-order valence-corrected chi connectivity index (χ3v) is 6.15. The molecule has 3 atom stereocenters. The lowest BCUT2D eigenvalue weighted by Gasteiger charge is -2.26. The molecule has 3 amide bonds. The summed E-state index contributed by atoms with van der Waals surface area (Å²) in [4.78, 5) is 35.4. The van der Waals surface area contributed by atoms with E-state index in [0.717, 1.165) is 16.7 Å². The molecule has 170 valence electrons. The maximum Gasteiger partial charge on any atom is 0.327 e. The van der Waals surface area contributed by atoms with Gasteiger partial charge in [0.1, 0.15) is 0 Å². The van der Waals surface area contributed by atoms with E-state index < -0.39 is 6.04 Å². The van der Waals surface area contributed by atoms with Crippen LogP contribution in [0.4, 0.5) is 4.79 Å². The molecule has 0 aliphatic carbocycles. The number of hydrogen-bond donors (Lipinski definition) is 1. The Kier molecular flexibility index (Phi) is 7.17. The van der Waals surface area contributed by atoms with E-state index in [-0.39, 0.29) is 30.4 Å². The first-order chi connectivity index (χ1) is 16.1. The Hall–Kier alpha value is -3.48. The molecule has 0 aromatic heterocycles. The first kappa shape index (κ1) is 22.7. The fourth-order valence-electron chi connectivity index (χ4n) is 4.22. The predicted octanol–water partition coefficient (Wildman–Crippen LogP) is 4.86. The molecule has 1 heterocycles. The highest BCUT2D eigenvalue weighted by atomic mass is 16.6. The zero-order valence-electron chi connectivity index (χ0n) is 18.9. The lowest BCUT2D eigenvalue weighted by Crippen LogP contribution is -2.38. The summed E-state index contributed by atoms with van der Waals surface area (Å²) < 4.78 is 0. The summed E-state index contributed by atoms with van der Waals surface area (Å²) in [5, 5.41) is 0. The SMILES string of the molecule is C[C@H]1[C@@H](c2ccccc2)N(C(=O)C[C@@H](NOCc2ccccc2)c2ccccc2)C(=O)N1C. The second-order valence-electron chi connectivity index (χ2n) is 8.31. The molecule has 3 aromatic rings. The maximum atomic E-state index is 13.5. The molecule has 1 aliphatic rings. The third-order valence-electron chi connectivity index (χ3n) is 6.15. The number of hydroxylamine groups is 1. The largest absolute Gasteiger partial charge is 0.327 e. The first-order valence-electron chi connectivity index (χ1n) is 11.2. The number of nitrogens with zero attached hydrogens (tertiary/aromatic N) is 2. The second kappa shape index (κ2) is 10.4. The number of imide groups is 1. The Bertz CT molecular complexity index is 1060. The molecule has 0 bridgehead atoms. The molecule has 0 saturated carbocycles. The highest BCUT2D eigenvalue weighted by molar-refractivity contribution is 5.97. The standard InChI is InChI=1S/C27H29N3O3/c1-20-26(23-16-10-5-11-17-23)30(27(32)29(20)2)25(31)18-24(22-14-8-4-9-15-22)28-33-19-21-12-6-3-7-13-21/h3-17,20,24,26,28H,18-19H2,1-2H3/t20-,24+,26-/m0/s1. The molecule has 0 radical (unpaired) electrons. The van der Waals surface area contributed by atoms with Crippen molar-refractivity contribution in [1.29, 1.82) is 0 Å². The number of urea groups is 1. The fraction of sp³-hybridized carbons (Fsp3) is 0.259. The van der Waals surface area contributed by atoms with Crippen molar-refractivity contribution < 1.29 is 14.4 Å². The highest BCUT2D eigenvalue weighted by Gasteiger charge is 2.45. The van der Waals surface area contributed by atoms with Crippen LogP contribution in [-0.4, -0.2) is 34.8 Å². The number of benzene rings is 3. The van der Waals surface area contributed by atoms with Crippen molar-refractivity contribution in [2.45, 2.75) is 38.1 Å². The van der Waals surface area contributed by atoms with E-state index in [1.165, 1.54) is 4.90 Å². The first-order valence-corrected chi connectivity index (χ1v) is 11.2. The van der Waals surface area contributed by atoms with Crippen molar-refractivity contribution in [3.63, 3.8) is 0 Å². The smallest absolute Gasteiger partial charge is 0.322 e. The van der Waals surface area contributed by atoms with Gasteiger partial charge in [-0.15, -0.1) is 0 Å². The van der Waals surface area contributed by atoms with Crippen LogP contribution in [0.3, 0.4) is 0 Å². The van der Waals surface area contributed by atoms with Gasteiger partial charge in [0, 0.05) is 13.5 Å². The minimum Gasteiger partial charge on any atom is -0.322 e. The molecule has 0 unspecified atom stereocenters. The molecule has 1 saturated heterocycles. The lowest BCUT2D eigenvalue weighted by molar-refractivity contribution is -0.131. The average molecular weight is 444 g/mol. The van der Waals surface area contributed by atoms with Crippen molar-refractivity contribution in [2.75, 3.05) is 7.05 Å². The van der Waals surface area contributed by atoms with Crippen molar-refractivity contribution in [3.05, 3.63) is 108 Å². The molecule has 6 nitrogen and oxygen atoms in total. The van der Waals surface area contributed by atoms with E-state index in [4.69, 9.17) is 4.84 Å². The van der Waals surface area contributed by atoms with Crippen LogP contribution < -0.4 is 5.48 Å². The van der Waals surface area contributed by atoms with Gasteiger partial charge in [0.05, 0.1) is 24.7 Å². The molecule has 4 rings (SSSR count). The topological polar surface area (TPSA) is 61.9 Å². The number of rotatable bonds is 8. The Balaban J connectivity index is 1.53. The molecular formula is C27H29N3O3. The van der Waals surface area contributed by atoms with E-state index in [1.54, 1.807) is 11.9 Å². The minimum atomic E-state index is -0.396. The van der Waals surface area contributed by atoms with Gasteiger partial charge in [-0.1, -0.05) is 91.0 Å². The van der Waals surface area contributed by atoms with Gasteiger partial charge in [-0.05, 0) is 23.6 Å². The van der Waals surface area contributed by atoms with Gasteiger partial charge in [-0.3, -0.25) is 14.5 Å². The normalized spacial score (nSPS) is 19.0. The van der Waals surface area contributed by atoms with Crippen molar-refractivity contribution in [2.24, 2.45) is 0 Å². The van der Waals surface area contributed by atoms with Gasteiger partial charge < -0.3 is 4.90 Å². The van der Waals surface area contributed by atoms with Crippen LogP contribution in [0.1, 0.15) is 42.1 Å². The van der Waals surface area contributed by atoms with Crippen LogP contribution in [0, 0.1) is 0 Å². The summed E-state index contributed by atoms with van der Waals surface area (Å²) in [6.07, 6.45) is 0.0917. The molecule has 6 heteroatoms. The summed E-state index contributed by atoms with van der Waals surface area (Å²) in [7, 11) is 1.74. The summed E-state index contributed by atoms with van der Waals surface area (Å²) >= 11 is 0. The molecule has 0 spiro atoms. The summed E-state index contributed by atoms with van der Waals surface area (Å²) in [5.74, 6) is -0.241. The summed E-state index contributed by atoms with van der Waals surface area (Å²) in [6.45, 7) is 2.34. The average Bonchev–Trinajstić information content (AvgIpc) is 3.09. The Labute approximate surface area is 194 Å². The molecular weight excluding hydrogens is 414 g/mol. The van der Waals surface area contributed by atoms with Crippen molar-refractivity contribution >= 4 is 11.9 Å². The lowest BCUT2D eigenvalue weighted by atomic mass is 9.99.